The molecule has 1 heterocycles. The molecule has 0 unspecified atom stereocenters. The zero-order valence-corrected chi connectivity index (χ0v) is 22.1. The number of thiophene rings is 1. The van der Waals surface area contributed by atoms with Crippen LogP contribution in [0.25, 0.3) is 22.9 Å². The van der Waals surface area contributed by atoms with Crippen molar-refractivity contribution in [1.29, 1.82) is 5.26 Å². The highest BCUT2D eigenvalue weighted by Crippen LogP contribution is 2.47. The van der Waals surface area contributed by atoms with E-state index in [1.807, 2.05) is 66.7 Å². The molecule has 4 nitrogen and oxygen atoms in total. The van der Waals surface area contributed by atoms with Crippen molar-refractivity contribution in [2.24, 2.45) is 0 Å². The van der Waals surface area contributed by atoms with E-state index in [9.17, 15) is 10.1 Å². The van der Waals surface area contributed by atoms with Crippen LogP contribution in [0.3, 0.4) is 0 Å². The predicted molar refractivity (Wildman–Crippen MR) is 153 cm³/mol. The number of nitrogens with one attached hydrogen (secondary N) is 1. The number of amides is 1. The summed E-state index contributed by atoms with van der Waals surface area (Å²) in [6.45, 7) is 4.20. The Balaban J connectivity index is 1.34. The number of carbonyl (C=O) groups excluding carboxylic acids is 1. The second-order valence-corrected chi connectivity index (χ2v) is 11.1. The maximum Gasteiger partial charge on any atom is 0.262 e. The van der Waals surface area contributed by atoms with Gasteiger partial charge in [0.25, 0.3) is 5.91 Å². The van der Waals surface area contributed by atoms with E-state index in [-0.39, 0.29) is 17.9 Å². The number of anilines is 1. The molecular weight excluding hydrogens is 500 g/mol. The molecule has 0 saturated heterocycles. The lowest BCUT2D eigenvalue weighted by Gasteiger charge is -2.29. The highest BCUT2D eigenvalue weighted by atomic mass is 35.5. The molecule has 1 N–H and O–H groups in total. The smallest absolute Gasteiger partial charge is 0.262 e. The van der Waals surface area contributed by atoms with Crippen LogP contribution in [0.5, 0.6) is 5.75 Å². The van der Waals surface area contributed by atoms with E-state index in [0.717, 1.165) is 38.8 Å². The average Bonchev–Trinajstić information content (AvgIpc) is 3.24. The highest BCUT2D eigenvalue weighted by molar-refractivity contribution is 7.17. The molecule has 0 fully saturated rings. The van der Waals surface area contributed by atoms with Crippen molar-refractivity contribution in [3.05, 3.63) is 105 Å². The molecule has 1 amide bonds. The number of carbonyl (C=O) groups is 1. The molecule has 0 aliphatic heterocycles. The van der Waals surface area contributed by atoms with Gasteiger partial charge >= 0.3 is 0 Å². The van der Waals surface area contributed by atoms with E-state index in [1.54, 1.807) is 0 Å². The third-order valence-corrected chi connectivity index (χ3v) is 8.09. The molecular formula is C31H25ClN2O2S. The van der Waals surface area contributed by atoms with Gasteiger partial charge in [0, 0.05) is 20.9 Å². The van der Waals surface area contributed by atoms with Crippen LogP contribution in [0.2, 0.25) is 5.02 Å². The molecule has 5 rings (SSSR count). The van der Waals surface area contributed by atoms with Gasteiger partial charge in [-0.2, -0.15) is 5.26 Å². The third kappa shape index (κ3) is 5.46. The number of ether oxygens (including phenoxy) is 1. The van der Waals surface area contributed by atoms with Crippen molar-refractivity contribution in [3.8, 4) is 11.8 Å². The van der Waals surface area contributed by atoms with Crippen LogP contribution in [-0.2, 0) is 10.2 Å². The fourth-order valence-electron chi connectivity index (χ4n) is 4.56. The standard InChI is InChI=1S/C31H25ClN2O2S/c1-31(2)17-21(8-7-20-9-12-24(32)13-10-20)15-26-27(18-33)30(37-29(26)31)34-28(35)19-36-25-14-11-22-5-3-4-6-23(22)16-25/h3-16H,17,19H2,1-2H3,(H,34,35)/b8-7+. The summed E-state index contributed by atoms with van der Waals surface area (Å²) in [5.74, 6) is 0.328. The average molecular weight is 525 g/mol. The number of nitrogens with zero attached hydrogens (tertiary/aromatic N) is 1. The zero-order valence-electron chi connectivity index (χ0n) is 20.5. The molecule has 0 saturated carbocycles. The first-order valence-corrected chi connectivity index (χ1v) is 13.1. The molecule has 1 aromatic heterocycles. The van der Waals surface area contributed by atoms with Crippen molar-refractivity contribution in [2.75, 3.05) is 11.9 Å². The predicted octanol–water partition coefficient (Wildman–Crippen LogP) is 8.22. The number of benzene rings is 3. The van der Waals surface area contributed by atoms with E-state index >= 15 is 0 Å². The van der Waals surface area contributed by atoms with Gasteiger partial charge in [0.1, 0.15) is 16.8 Å². The quantitative estimate of drug-likeness (QED) is 0.276. The van der Waals surface area contributed by atoms with Crippen LogP contribution in [-0.4, -0.2) is 12.5 Å². The van der Waals surface area contributed by atoms with E-state index in [0.29, 0.717) is 21.3 Å². The molecule has 3 aromatic carbocycles. The van der Waals surface area contributed by atoms with Crippen molar-refractivity contribution in [3.63, 3.8) is 0 Å². The van der Waals surface area contributed by atoms with Crippen LogP contribution < -0.4 is 10.1 Å². The summed E-state index contributed by atoms with van der Waals surface area (Å²) in [5.41, 5.74) is 3.37. The molecule has 37 heavy (non-hydrogen) atoms. The third-order valence-electron chi connectivity index (χ3n) is 6.35. The lowest BCUT2D eigenvalue weighted by molar-refractivity contribution is -0.118. The first-order chi connectivity index (χ1) is 17.8. The molecule has 1 aliphatic rings. The number of fused-ring (bicyclic) bond motifs is 2. The Morgan fingerprint density at radius 2 is 1.86 bits per heavy atom. The number of nitriles is 1. The summed E-state index contributed by atoms with van der Waals surface area (Å²) in [7, 11) is 0. The zero-order chi connectivity index (χ0) is 26.0. The molecule has 0 atom stereocenters. The van der Waals surface area contributed by atoms with Crippen molar-refractivity contribution < 1.29 is 9.53 Å². The minimum Gasteiger partial charge on any atom is -0.484 e. The topological polar surface area (TPSA) is 62.1 Å². The molecule has 0 spiro atoms. The van der Waals surface area contributed by atoms with Crippen LogP contribution in [0, 0.1) is 11.3 Å². The molecule has 0 radical (unpaired) electrons. The number of hydrogen-bond donors (Lipinski definition) is 1. The lowest BCUT2D eigenvalue weighted by atomic mass is 9.77. The summed E-state index contributed by atoms with van der Waals surface area (Å²) in [4.78, 5) is 13.9. The normalized spacial score (nSPS) is 14.2. The summed E-state index contributed by atoms with van der Waals surface area (Å²) < 4.78 is 5.74. The maximum absolute atomic E-state index is 12.8. The van der Waals surface area contributed by atoms with E-state index in [1.165, 1.54) is 11.3 Å². The van der Waals surface area contributed by atoms with Crippen molar-refractivity contribution in [2.45, 2.75) is 25.7 Å². The SMILES string of the molecule is CC1(C)CC(/C=C/c2ccc(Cl)cc2)=Cc2c1sc(NC(=O)COc1ccc3ccccc3c1)c2C#N. The maximum atomic E-state index is 12.8. The Kier molecular flexibility index (Phi) is 6.88. The Bertz CT molecular complexity index is 1590. The minimum atomic E-state index is -0.298. The van der Waals surface area contributed by atoms with Gasteiger partial charge in [-0.3, -0.25) is 4.79 Å². The second kappa shape index (κ2) is 10.3. The summed E-state index contributed by atoms with van der Waals surface area (Å²) >= 11 is 7.47. The number of halogens is 1. The molecule has 4 aromatic rings. The van der Waals surface area contributed by atoms with Crippen molar-refractivity contribution in [1.82, 2.24) is 0 Å². The number of hydrogen-bond acceptors (Lipinski definition) is 4. The fraction of sp³-hybridized carbons (Fsp3) is 0.161. The first kappa shape index (κ1) is 24.8. The van der Waals surface area contributed by atoms with Crippen LogP contribution in [0.4, 0.5) is 5.00 Å². The molecule has 0 bridgehead atoms. The van der Waals surface area contributed by atoms with Gasteiger partial charge < -0.3 is 10.1 Å². The monoisotopic (exact) mass is 524 g/mol. The molecule has 184 valence electrons. The summed E-state index contributed by atoms with van der Waals surface area (Å²) in [5, 5.41) is 16.3. The first-order valence-electron chi connectivity index (χ1n) is 12.0. The number of rotatable bonds is 6. The lowest BCUT2D eigenvalue weighted by Crippen LogP contribution is -2.20. The van der Waals surface area contributed by atoms with Gasteiger partial charge in [0.2, 0.25) is 0 Å². The summed E-state index contributed by atoms with van der Waals surface area (Å²) in [6.07, 6.45) is 7.02. The van der Waals surface area contributed by atoms with E-state index in [2.05, 4.69) is 43.5 Å². The van der Waals surface area contributed by atoms with Crippen LogP contribution in [0.15, 0.2) is 78.4 Å². The Hall–Kier alpha value is -3.85. The van der Waals surface area contributed by atoms with Gasteiger partial charge in [-0.05, 0) is 58.7 Å². The largest absolute Gasteiger partial charge is 0.484 e. The Morgan fingerprint density at radius 1 is 1.11 bits per heavy atom. The van der Waals surface area contributed by atoms with Gasteiger partial charge in [0.15, 0.2) is 6.61 Å². The fourth-order valence-corrected chi connectivity index (χ4v) is 5.94. The second-order valence-electron chi connectivity index (χ2n) is 9.67. The van der Waals surface area contributed by atoms with Crippen molar-refractivity contribution >= 4 is 56.8 Å². The van der Waals surface area contributed by atoms with E-state index in [4.69, 9.17) is 16.3 Å². The van der Waals surface area contributed by atoms with Gasteiger partial charge in [-0.25, -0.2) is 0 Å². The van der Waals surface area contributed by atoms with E-state index < -0.39 is 0 Å². The van der Waals surface area contributed by atoms with Crippen LogP contribution in [0.1, 0.15) is 41.8 Å². The molecule has 1 aliphatic carbocycles. The highest BCUT2D eigenvalue weighted by Gasteiger charge is 2.33. The number of allylic oxidation sites excluding steroid dienone is 2. The Morgan fingerprint density at radius 3 is 2.62 bits per heavy atom. The van der Waals surface area contributed by atoms with Crippen LogP contribution >= 0.6 is 22.9 Å². The molecule has 6 heteroatoms. The minimum absolute atomic E-state index is 0.139. The van der Waals surface area contributed by atoms with Gasteiger partial charge in [0.05, 0.1) is 5.56 Å². The summed E-state index contributed by atoms with van der Waals surface area (Å²) in [6, 6.07) is 23.7. The van der Waals surface area contributed by atoms with Gasteiger partial charge in [-0.15, -0.1) is 11.3 Å². The van der Waals surface area contributed by atoms with Gasteiger partial charge in [-0.1, -0.05) is 80.1 Å². The Labute approximate surface area is 225 Å².